The van der Waals surface area contributed by atoms with Crippen LogP contribution in [0, 0.1) is 6.07 Å². The van der Waals surface area contributed by atoms with Crippen molar-refractivity contribution < 1.29 is 13.2 Å². The normalized spacial score (nSPS) is 11.9. The van der Waals surface area contributed by atoms with Gasteiger partial charge in [-0.25, -0.2) is 0 Å². The average molecular weight is 275 g/mol. The predicted molar refractivity (Wildman–Crippen MR) is 69.1 cm³/mol. The smallest absolute Gasteiger partial charge is 0.260 e. The average Bonchev–Trinajstić information content (AvgIpc) is 2.82. The molecule has 5 heteroatoms. The molecule has 2 nitrogen and oxygen atoms in total. The minimum atomic E-state index is -4.30. The van der Waals surface area contributed by atoms with Crippen molar-refractivity contribution >= 4 is 10.9 Å². The SMILES string of the molecule is FC(F)(F)c1ccc(Cn2ncc3c[c]ccc32)cc1. The van der Waals surface area contributed by atoms with Crippen LogP contribution in [-0.2, 0) is 12.7 Å². The molecule has 0 saturated heterocycles. The molecule has 101 valence electrons. The van der Waals surface area contributed by atoms with Crippen molar-refractivity contribution in [3.05, 3.63) is 65.9 Å². The van der Waals surface area contributed by atoms with Crippen LogP contribution < -0.4 is 0 Å². The predicted octanol–water partition coefficient (Wildman–Crippen LogP) is 3.90. The second-order valence-electron chi connectivity index (χ2n) is 4.48. The fraction of sp³-hybridized carbons (Fsp3) is 0.133. The number of fused-ring (bicyclic) bond motifs is 1. The third-order valence-corrected chi connectivity index (χ3v) is 3.10. The molecule has 1 aromatic heterocycles. The van der Waals surface area contributed by atoms with E-state index in [2.05, 4.69) is 11.2 Å². The van der Waals surface area contributed by atoms with Gasteiger partial charge in [0, 0.05) is 5.39 Å². The Balaban J connectivity index is 1.88. The summed E-state index contributed by atoms with van der Waals surface area (Å²) in [6.07, 6.45) is -2.58. The van der Waals surface area contributed by atoms with Crippen LogP contribution in [0.25, 0.3) is 10.9 Å². The summed E-state index contributed by atoms with van der Waals surface area (Å²) in [5, 5.41) is 5.19. The van der Waals surface area contributed by atoms with Gasteiger partial charge in [0.2, 0.25) is 0 Å². The van der Waals surface area contributed by atoms with Crippen molar-refractivity contribution in [2.75, 3.05) is 0 Å². The van der Waals surface area contributed by atoms with E-state index >= 15 is 0 Å². The Hall–Kier alpha value is -2.30. The molecule has 2 aromatic carbocycles. The number of hydrogen-bond acceptors (Lipinski definition) is 1. The molecule has 0 aliphatic rings. The first-order chi connectivity index (χ1) is 9.54. The van der Waals surface area contributed by atoms with Gasteiger partial charge in [0.15, 0.2) is 0 Å². The van der Waals surface area contributed by atoms with Crippen molar-refractivity contribution in [2.24, 2.45) is 0 Å². The second-order valence-corrected chi connectivity index (χ2v) is 4.48. The van der Waals surface area contributed by atoms with E-state index in [1.165, 1.54) is 12.1 Å². The number of benzene rings is 2. The Labute approximate surface area is 113 Å². The highest BCUT2D eigenvalue weighted by Crippen LogP contribution is 2.29. The minimum Gasteiger partial charge on any atom is -0.260 e. The van der Waals surface area contributed by atoms with Crippen molar-refractivity contribution in [3.63, 3.8) is 0 Å². The fourth-order valence-electron chi connectivity index (χ4n) is 2.07. The van der Waals surface area contributed by atoms with Crippen molar-refractivity contribution in [1.82, 2.24) is 9.78 Å². The number of rotatable bonds is 2. The largest absolute Gasteiger partial charge is 0.416 e. The van der Waals surface area contributed by atoms with E-state index in [-0.39, 0.29) is 0 Å². The van der Waals surface area contributed by atoms with Crippen LogP contribution >= 0.6 is 0 Å². The lowest BCUT2D eigenvalue weighted by Gasteiger charge is -2.08. The van der Waals surface area contributed by atoms with Gasteiger partial charge in [0.05, 0.1) is 23.8 Å². The molecule has 0 N–H and O–H groups in total. The van der Waals surface area contributed by atoms with Crippen LogP contribution in [0.15, 0.2) is 48.7 Å². The highest BCUT2D eigenvalue weighted by atomic mass is 19.4. The lowest BCUT2D eigenvalue weighted by molar-refractivity contribution is -0.137. The molecule has 0 fully saturated rings. The molecule has 20 heavy (non-hydrogen) atoms. The van der Waals surface area contributed by atoms with Gasteiger partial charge in [0.1, 0.15) is 0 Å². The highest BCUT2D eigenvalue weighted by molar-refractivity contribution is 5.78. The van der Waals surface area contributed by atoms with E-state index < -0.39 is 11.7 Å². The first kappa shape index (κ1) is 12.7. The molecule has 0 bridgehead atoms. The van der Waals surface area contributed by atoms with Crippen LogP contribution in [0.2, 0.25) is 0 Å². The molecule has 0 amide bonds. The van der Waals surface area contributed by atoms with E-state index in [0.717, 1.165) is 28.6 Å². The van der Waals surface area contributed by atoms with Gasteiger partial charge in [-0.15, -0.1) is 0 Å². The molecule has 0 aliphatic carbocycles. The molecule has 0 aliphatic heterocycles. The molecule has 1 heterocycles. The van der Waals surface area contributed by atoms with Gasteiger partial charge >= 0.3 is 6.18 Å². The van der Waals surface area contributed by atoms with Crippen LogP contribution in [0.3, 0.4) is 0 Å². The van der Waals surface area contributed by atoms with Gasteiger partial charge < -0.3 is 0 Å². The van der Waals surface area contributed by atoms with Crippen LogP contribution in [0.5, 0.6) is 0 Å². The van der Waals surface area contributed by atoms with Gasteiger partial charge in [0.25, 0.3) is 0 Å². The maximum Gasteiger partial charge on any atom is 0.416 e. The molecular formula is C15H10F3N2. The summed E-state index contributed by atoms with van der Waals surface area (Å²) in [4.78, 5) is 0. The van der Waals surface area contributed by atoms with Crippen LogP contribution in [-0.4, -0.2) is 9.78 Å². The Bertz CT molecular complexity index is 727. The number of halogens is 3. The summed E-state index contributed by atoms with van der Waals surface area (Å²) >= 11 is 0. The maximum absolute atomic E-state index is 12.5. The summed E-state index contributed by atoms with van der Waals surface area (Å²) in [6, 6.07) is 13.6. The van der Waals surface area contributed by atoms with E-state index in [1.807, 2.05) is 12.1 Å². The van der Waals surface area contributed by atoms with Gasteiger partial charge in [-0.3, -0.25) is 4.68 Å². The summed E-state index contributed by atoms with van der Waals surface area (Å²) < 4.78 is 39.2. The Kier molecular flexibility index (Phi) is 2.97. The quantitative estimate of drug-likeness (QED) is 0.693. The second kappa shape index (κ2) is 4.67. The van der Waals surface area contributed by atoms with Gasteiger partial charge in [-0.2, -0.15) is 18.3 Å². The van der Waals surface area contributed by atoms with Gasteiger partial charge in [-0.1, -0.05) is 18.2 Å². The maximum atomic E-state index is 12.5. The third kappa shape index (κ3) is 2.39. The van der Waals surface area contributed by atoms with Crippen LogP contribution in [0.4, 0.5) is 13.2 Å². The molecule has 1 radical (unpaired) electrons. The molecule has 3 rings (SSSR count). The molecule has 0 unspecified atom stereocenters. The first-order valence-corrected chi connectivity index (χ1v) is 6.02. The zero-order valence-corrected chi connectivity index (χ0v) is 10.4. The highest BCUT2D eigenvalue weighted by Gasteiger charge is 2.29. The van der Waals surface area contributed by atoms with Crippen LogP contribution in [0.1, 0.15) is 11.1 Å². The summed E-state index contributed by atoms with van der Waals surface area (Å²) in [7, 11) is 0. The monoisotopic (exact) mass is 275 g/mol. The lowest BCUT2D eigenvalue weighted by Crippen LogP contribution is -2.06. The van der Waals surface area contributed by atoms with Gasteiger partial charge in [-0.05, 0) is 35.9 Å². The number of hydrogen-bond donors (Lipinski definition) is 0. The zero-order chi connectivity index (χ0) is 14.2. The van der Waals surface area contributed by atoms with Crippen molar-refractivity contribution in [2.45, 2.75) is 12.7 Å². The molecule has 0 spiro atoms. The van der Waals surface area contributed by atoms with E-state index in [1.54, 1.807) is 16.9 Å². The Morgan fingerprint density at radius 1 is 1.10 bits per heavy atom. The van der Waals surface area contributed by atoms with Crippen molar-refractivity contribution in [1.29, 1.82) is 0 Å². The number of alkyl halides is 3. The molecule has 0 saturated carbocycles. The minimum absolute atomic E-state index is 0.436. The molecule has 3 aromatic rings. The van der Waals surface area contributed by atoms with E-state index in [4.69, 9.17) is 0 Å². The Morgan fingerprint density at radius 3 is 2.55 bits per heavy atom. The van der Waals surface area contributed by atoms with Crippen molar-refractivity contribution in [3.8, 4) is 0 Å². The summed E-state index contributed by atoms with van der Waals surface area (Å²) in [5.74, 6) is 0. The first-order valence-electron chi connectivity index (χ1n) is 6.02. The zero-order valence-electron chi connectivity index (χ0n) is 10.4. The molecule has 0 atom stereocenters. The topological polar surface area (TPSA) is 17.8 Å². The van der Waals surface area contributed by atoms with E-state index in [9.17, 15) is 13.2 Å². The third-order valence-electron chi connectivity index (χ3n) is 3.10. The summed E-state index contributed by atoms with van der Waals surface area (Å²) in [5.41, 5.74) is 1.07. The number of aromatic nitrogens is 2. The lowest BCUT2D eigenvalue weighted by atomic mass is 10.1. The molecular weight excluding hydrogens is 265 g/mol. The Morgan fingerprint density at radius 2 is 1.85 bits per heavy atom. The fourth-order valence-corrected chi connectivity index (χ4v) is 2.07. The van der Waals surface area contributed by atoms with E-state index in [0.29, 0.717) is 6.54 Å². The summed E-state index contributed by atoms with van der Waals surface area (Å²) in [6.45, 7) is 0.436. The number of nitrogens with zero attached hydrogens (tertiary/aromatic N) is 2. The standard InChI is InChI=1S/C15H10F3N2/c16-15(17,18)13-7-5-11(6-8-13)10-20-14-4-2-1-3-12(14)9-19-20/h2-9H,10H2.